The van der Waals surface area contributed by atoms with E-state index in [2.05, 4.69) is 5.32 Å². The van der Waals surface area contributed by atoms with E-state index in [9.17, 15) is 14.4 Å². The maximum Gasteiger partial charge on any atom is 0.411 e. The second kappa shape index (κ2) is 8.19. The van der Waals surface area contributed by atoms with E-state index in [0.29, 0.717) is 5.75 Å². The molecule has 1 aliphatic rings. The molecule has 1 aliphatic heterocycles. The van der Waals surface area contributed by atoms with Gasteiger partial charge in [0.2, 0.25) is 5.91 Å². The molecule has 8 heteroatoms. The average Bonchev–Trinajstić information content (AvgIpc) is 2.94. The van der Waals surface area contributed by atoms with E-state index in [1.54, 1.807) is 20.1 Å². The van der Waals surface area contributed by atoms with Gasteiger partial charge < -0.3 is 19.5 Å². The molecule has 1 heterocycles. The van der Waals surface area contributed by atoms with Gasteiger partial charge in [-0.25, -0.2) is 4.79 Å². The summed E-state index contributed by atoms with van der Waals surface area (Å²) in [4.78, 5) is 36.7. The van der Waals surface area contributed by atoms with Gasteiger partial charge in [-0.1, -0.05) is 18.2 Å². The third-order valence-electron chi connectivity index (χ3n) is 3.53. The predicted octanol–water partition coefficient (Wildman–Crippen LogP) is 0.695. The van der Waals surface area contributed by atoms with E-state index in [4.69, 9.17) is 14.2 Å². The van der Waals surface area contributed by atoms with Crippen molar-refractivity contribution in [2.24, 2.45) is 0 Å². The first-order valence-corrected chi connectivity index (χ1v) is 7.55. The first-order valence-electron chi connectivity index (χ1n) is 7.55. The highest BCUT2D eigenvalue weighted by Gasteiger charge is 2.39. The Balaban J connectivity index is 1.97. The number of nitrogens with one attached hydrogen (secondary N) is 1. The van der Waals surface area contributed by atoms with Crippen molar-refractivity contribution in [3.63, 3.8) is 0 Å². The average molecular weight is 336 g/mol. The molecular formula is C16H20N2O6. The number of esters is 1. The maximum atomic E-state index is 12.3. The molecule has 2 amide bonds. The molecule has 1 fully saturated rings. The van der Waals surface area contributed by atoms with Crippen molar-refractivity contribution >= 4 is 18.0 Å². The van der Waals surface area contributed by atoms with Crippen LogP contribution in [0.1, 0.15) is 12.5 Å². The Morgan fingerprint density at radius 2 is 2.12 bits per heavy atom. The molecule has 0 radical (unpaired) electrons. The lowest BCUT2D eigenvalue weighted by Crippen LogP contribution is -2.47. The molecule has 1 atom stereocenters. The Kier molecular flexibility index (Phi) is 6.00. The van der Waals surface area contributed by atoms with Crippen molar-refractivity contribution in [3.8, 4) is 5.75 Å². The number of benzene rings is 1. The lowest BCUT2D eigenvalue weighted by Gasteiger charge is -2.20. The van der Waals surface area contributed by atoms with E-state index in [1.807, 2.05) is 18.2 Å². The number of ether oxygens (including phenoxy) is 3. The zero-order chi connectivity index (χ0) is 17.5. The standard InChI is InChI=1S/C16H20N2O6/c1-3-23-14(19)9-18-12(10-24-16(18)21)15(20)17-8-11-6-4-5-7-13(11)22-2/h4-7,12H,3,8-10H2,1-2H3,(H,17,20)/t12-/m0/s1. The third kappa shape index (κ3) is 4.15. The molecule has 8 nitrogen and oxygen atoms in total. The van der Waals surface area contributed by atoms with Crippen LogP contribution in [0.2, 0.25) is 0 Å². The SMILES string of the molecule is CCOC(=O)CN1C(=O)OC[C@H]1C(=O)NCc1ccccc1OC. The molecule has 130 valence electrons. The first-order chi connectivity index (χ1) is 11.6. The van der Waals surface area contributed by atoms with Gasteiger partial charge in [0.1, 0.15) is 24.9 Å². The molecule has 24 heavy (non-hydrogen) atoms. The number of carbonyl (C=O) groups excluding carboxylic acids is 3. The van der Waals surface area contributed by atoms with Gasteiger partial charge in [-0.05, 0) is 13.0 Å². The van der Waals surface area contributed by atoms with Crippen LogP contribution in [0.4, 0.5) is 4.79 Å². The van der Waals surface area contributed by atoms with Crippen LogP contribution in [0.5, 0.6) is 5.75 Å². The van der Waals surface area contributed by atoms with Crippen molar-refractivity contribution in [3.05, 3.63) is 29.8 Å². The lowest BCUT2D eigenvalue weighted by molar-refractivity contribution is -0.144. The van der Waals surface area contributed by atoms with Crippen molar-refractivity contribution < 1.29 is 28.6 Å². The fourth-order valence-electron chi connectivity index (χ4n) is 2.34. The molecule has 0 bridgehead atoms. The zero-order valence-corrected chi connectivity index (χ0v) is 13.6. The number of amides is 2. The second-order valence-corrected chi connectivity index (χ2v) is 5.06. The monoisotopic (exact) mass is 336 g/mol. The molecule has 1 aromatic rings. The van der Waals surface area contributed by atoms with Gasteiger partial charge in [0.05, 0.1) is 13.7 Å². The molecule has 0 aliphatic carbocycles. The summed E-state index contributed by atoms with van der Waals surface area (Å²) in [6.45, 7) is 1.68. The van der Waals surface area contributed by atoms with E-state index in [0.717, 1.165) is 10.5 Å². The highest BCUT2D eigenvalue weighted by molar-refractivity contribution is 5.90. The number of methoxy groups -OCH3 is 1. The van der Waals surface area contributed by atoms with Gasteiger partial charge in [0.15, 0.2) is 0 Å². The summed E-state index contributed by atoms with van der Waals surface area (Å²) in [5.74, 6) is -0.338. The third-order valence-corrected chi connectivity index (χ3v) is 3.53. The van der Waals surface area contributed by atoms with Gasteiger partial charge >= 0.3 is 12.1 Å². The number of hydrogen-bond acceptors (Lipinski definition) is 6. The largest absolute Gasteiger partial charge is 0.496 e. The van der Waals surface area contributed by atoms with Crippen LogP contribution in [0.3, 0.4) is 0 Å². The topological polar surface area (TPSA) is 94.2 Å². The van der Waals surface area contributed by atoms with Gasteiger partial charge in [-0.3, -0.25) is 14.5 Å². The van der Waals surface area contributed by atoms with Crippen molar-refractivity contribution in [1.82, 2.24) is 10.2 Å². The molecule has 1 aromatic carbocycles. The van der Waals surface area contributed by atoms with E-state index < -0.39 is 24.0 Å². The highest BCUT2D eigenvalue weighted by atomic mass is 16.6. The Morgan fingerprint density at radius 3 is 2.83 bits per heavy atom. The first kappa shape index (κ1) is 17.6. The summed E-state index contributed by atoms with van der Waals surface area (Å²) in [7, 11) is 1.55. The van der Waals surface area contributed by atoms with Gasteiger partial charge in [-0.15, -0.1) is 0 Å². The van der Waals surface area contributed by atoms with Crippen LogP contribution in [-0.2, 0) is 25.6 Å². The quantitative estimate of drug-likeness (QED) is 0.737. The molecule has 1 saturated heterocycles. The summed E-state index contributed by atoms with van der Waals surface area (Å²) in [5, 5.41) is 2.73. The van der Waals surface area contributed by atoms with Crippen LogP contribution in [0, 0.1) is 0 Å². The van der Waals surface area contributed by atoms with Gasteiger partial charge in [0.25, 0.3) is 0 Å². The van der Waals surface area contributed by atoms with Crippen molar-refractivity contribution in [2.75, 3.05) is 26.9 Å². The van der Waals surface area contributed by atoms with Crippen molar-refractivity contribution in [1.29, 1.82) is 0 Å². The van der Waals surface area contributed by atoms with E-state index in [1.165, 1.54) is 0 Å². The summed E-state index contributed by atoms with van der Waals surface area (Å²) in [6.07, 6.45) is -0.708. The molecule has 0 aromatic heterocycles. The summed E-state index contributed by atoms with van der Waals surface area (Å²) in [6, 6.07) is 6.41. The van der Waals surface area contributed by atoms with Crippen LogP contribution in [0.25, 0.3) is 0 Å². The molecule has 0 saturated carbocycles. The Labute approximate surface area is 139 Å². The summed E-state index contributed by atoms with van der Waals surface area (Å²) < 4.78 is 14.9. The lowest BCUT2D eigenvalue weighted by atomic mass is 10.2. The van der Waals surface area contributed by atoms with Gasteiger partial charge in [0, 0.05) is 12.1 Å². The van der Waals surface area contributed by atoms with Crippen LogP contribution in [-0.4, -0.2) is 55.8 Å². The molecule has 2 rings (SSSR count). The number of hydrogen-bond donors (Lipinski definition) is 1. The number of cyclic esters (lactones) is 1. The number of rotatable bonds is 7. The second-order valence-electron chi connectivity index (χ2n) is 5.06. The van der Waals surface area contributed by atoms with Gasteiger partial charge in [-0.2, -0.15) is 0 Å². The fraction of sp³-hybridized carbons (Fsp3) is 0.438. The summed E-state index contributed by atoms with van der Waals surface area (Å²) in [5.41, 5.74) is 0.801. The van der Waals surface area contributed by atoms with Crippen LogP contribution >= 0.6 is 0 Å². The summed E-state index contributed by atoms with van der Waals surface area (Å²) >= 11 is 0. The molecule has 0 spiro atoms. The predicted molar refractivity (Wildman–Crippen MR) is 83.3 cm³/mol. The maximum absolute atomic E-state index is 12.3. The molecule has 1 N–H and O–H groups in total. The molecular weight excluding hydrogens is 316 g/mol. The van der Waals surface area contributed by atoms with E-state index >= 15 is 0 Å². The highest BCUT2D eigenvalue weighted by Crippen LogP contribution is 2.17. The number of para-hydroxylation sites is 1. The Hall–Kier alpha value is -2.77. The number of carbonyl (C=O) groups is 3. The van der Waals surface area contributed by atoms with Crippen molar-refractivity contribution in [2.45, 2.75) is 19.5 Å². The van der Waals surface area contributed by atoms with Crippen LogP contribution in [0.15, 0.2) is 24.3 Å². The molecule has 0 unspecified atom stereocenters. The smallest absolute Gasteiger partial charge is 0.411 e. The minimum Gasteiger partial charge on any atom is -0.496 e. The Bertz CT molecular complexity index is 618. The fourth-order valence-corrected chi connectivity index (χ4v) is 2.34. The minimum absolute atomic E-state index is 0.101. The zero-order valence-electron chi connectivity index (χ0n) is 13.6. The van der Waals surface area contributed by atoms with E-state index in [-0.39, 0.29) is 26.3 Å². The Morgan fingerprint density at radius 1 is 1.38 bits per heavy atom. The minimum atomic E-state index is -0.864. The van der Waals surface area contributed by atoms with Crippen LogP contribution < -0.4 is 10.1 Å². The number of nitrogens with zero attached hydrogens (tertiary/aromatic N) is 1. The normalized spacial score (nSPS) is 16.5.